The first kappa shape index (κ1) is 17.0. The standard InChI is InChI=1S/C17H36/c1-7-14(5)11-12-16(9-3)17(10-4)13-15(6)8-2/h14-17H,7-13H2,1-6H3. The molecule has 0 heterocycles. The van der Waals surface area contributed by atoms with E-state index in [1.165, 1.54) is 44.9 Å². The van der Waals surface area contributed by atoms with Gasteiger partial charge in [-0.2, -0.15) is 0 Å². The summed E-state index contributed by atoms with van der Waals surface area (Å²) in [7, 11) is 0. The third kappa shape index (κ3) is 7.11. The maximum absolute atomic E-state index is 2.42. The van der Waals surface area contributed by atoms with Crippen LogP contribution in [0.3, 0.4) is 0 Å². The van der Waals surface area contributed by atoms with E-state index in [1.54, 1.807) is 0 Å². The van der Waals surface area contributed by atoms with E-state index in [2.05, 4.69) is 41.5 Å². The molecule has 0 aliphatic carbocycles. The molecule has 0 spiro atoms. The predicted molar refractivity (Wildman–Crippen MR) is 80.3 cm³/mol. The van der Waals surface area contributed by atoms with Crippen LogP contribution in [-0.2, 0) is 0 Å². The summed E-state index contributed by atoms with van der Waals surface area (Å²) in [5.41, 5.74) is 0. The summed E-state index contributed by atoms with van der Waals surface area (Å²) < 4.78 is 0. The molecule has 0 heteroatoms. The Morgan fingerprint density at radius 2 is 1.12 bits per heavy atom. The van der Waals surface area contributed by atoms with E-state index in [1.807, 2.05) is 0 Å². The second kappa shape index (κ2) is 9.97. The van der Waals surface area contributed by atoms with Gasteiger partial charge >= 0.3 is 0 Å². The highest BCUT2D eigenvalue weighted by Gasteiger charge is 2.20. The van der Waals surface area contributed by atoms with E-state index >= 15 is 0 Å². The van der Waals surface area contributed by atoms with Crippen molar-refractivity contribution in [3.05, 3.63) is 0 Å². The molecule has 0 amide bonds. The topological polar surface area (TPSA) is 0 Å². The Hall–Kier alpha value is 0. The summed E-state index contributed by atoms with van der Waals surface area (Å²) in [5.74, 6) is 3.78. The lowest BCUT2D eigenvalue weighted by atomic mass is 9.78. The number of hydrogen-bond acceptors (Lipinski definition) is 0. The third-order valence-corrected chi connectivity index (χ3v) is 4.84. The second-order valence-corrected chi connectivity index (χ2v) is 6.18. The summed E-state index contributed by atoms with van der Waals surface area (Å²) in [6, 6.07) is 0. The van der Waals surface area contributed by atoms with Crippen molar-refractivity contribution in [2.45, 2.75) is 86.5 Å². The van der Waals surface area contributed by atoms with Gasteiger partial charge in [-0.05, 0) is 36.5 Å². The first-order chi connectivity index (χ1) is 8.08. The van der Waals surface area contributed by atoms with Crippen LogP contribution in [0.4, 0.5) is 0 Å². The van der Waals surface area contributed by atoms with Gasteiger partial charge < -0.3 is 0 Å². The molecule has 0 radical (unpaired) electrons. The number of rotatable bonds is 10. The van der Waals surface area contributed by atoms with Gasteiger partial charge in [0, 0.05) is 0 Å². The average Bonchev–Trinajstić information content (AvgIpc) is 2.36. The Morgan fingerprint density at radius 1 is 0.588 bits per heavy atom. The normalized spacial score (nSPS) is 18.7. The van der Waals surface area contributed by atoms with Crippen LogP contribution in [0, 0.1) is 23.7 Å². The maximum Gasteiger partial charge on any atom is -0.0386 e. The van der Waals surface area contributed by atoms with Crippen LogP contribution < -0.4 is 0 Å². The lowest BCUT2D eigenvalue weighted by molar-refractivity contribution is 0.230. The molecule has 0 fully saturated rings. The molecule has 17 heavy (non-hydrogen) atoms. The fraction of sp³-hybridized carbons (Fsp3) is 1.00. The van der Waals surface area contributed by atoms with Crippen LogP contribution in [-0.4, -0.2) is 0 Å². The molecule has 0 aromatic rings. The fourth-order valence-electron chi connectivity index (χ4n) is 2.85. The Kier molecular flexibility index (Phi) is 9.97. The van der Waals surface area contributed by atoms with E-state index in [0.717, 1.165) is 23.7 Å². The molecule has 0 saturated carbocycles. The van der Waals surface area contributed by atoms with Crippen molar-refractivity contribution in [3.63, 3.8) is 0 Å². The van der Waals surface area contributed by atoms with E-state index < -0.39 is 0 Å². The van der Waals surface area contributed by atoms with E-state index in [0.29, 0.717) is 0 Å². The van der Waals surface area contributed by atoms with Gasteiger partial charge in [-0.25, -0.2) is 0 Å². The van der Waals surface area contributed by atoms with Crippen LogP contribution in [0.2, 0.25) is 0 Å². The van der Waals surface area contributed by atoms with Crippen LogP contribution in [0.15, 0.2) is 0 Å². The van der Waals surface area contributed by atoms with Crippen molar-refractivity contribution in [1.29, 1.82) is 0 Å². The minimum Gasteiger partial charge on any atom is -0.0651 e. The summed E-state index contributed by atoms with van der Waals surface area (Å²) in [6.07, 6.45) is 9.80. The minimum atomic E-state index is 0.914. The second-order valence-electron chi connectivity index (χ2n) is 6.18. The number of hydrogen-bond donors (Lipinski definition) is 0. The molecule has 0 rings (SSSR count). The smallest absolute Gasteiger partial charge is 0.0386 e. The van der Waals surface area contributed by atoms with Crippen molar-refractivity contribution < 1.29 is 0 Å². The molecule has 0 bridgehead atoms. The van der Waals surface area contributed by atoms with E-state index in [-0.39, 0.29) is 0 Å². The molecule has 4 unspecified atom stereocenters. The Balaban J connectivity index is 4.18. The summed E-state index contributed by atoms with van der Waals surface area (Å²) in [6.45, 7) is 14.3. The van der Waals surface area contributed by atoms with Crippen molar-refractivity contribution in [1.82, 2.24) is 0 Å². The fourth-order valence-corrected chi connectivity index (χ4v) is 2.85. The van der Waals surface area contributed by atoms with Crippen LogP contribution >= 0.6 is 0 Å². The molecule has 0 saturated heterocycles. The van der Waals surface area contributed by atoms with Gasteiger partial charge in [-0.3, -0.25) is 0 Å². The highest BCUT2D eigenvalue weighted by atomic mass is 14.3. The molecule has 0 N–H and O–H groups in total. The Bertz CT molecular complexity index is 161. The average molecular weight is 240 g/mol. The monoisotopic (exact) mass is 240 g/mol. The molecule has 0 aromatic carbocycles. The maximum atomic E-state index is 2.42. The van der Waals surface area contributed by atoms with Gasteiger partial charge in [0.25, 0.3) is 0 Å². The predicted octanol–water partition coefficient (Wildman–Crippen LogP) is 6.30. The van der Waals surface area contributed by atoms with Crippen molar-refractivity contribution in [2.24, 2.45) is 23.7 Å². The molecule has 0 aliphatic heterocycles. The highest BCUT2D eigenvalue weighted by molar-refractivity contribution is 4.71. The van der Waals surface area contributed by atoms with Crippen LogP contribution in [0.5, 0.6) is 0 Å². The molecule has 4 atom stereocenters. The Labute approximate surface area is 111 Å². The lowest BCUT2D eigenvalue weighted by Gasteiger charge is -2.28. The highest BCUT2D eigenvalue weighted by Crippen LogP contribution is 2.32. The van der Waals surface area contributed by atoms with Gasteiger partial charge in [0.15, 0.2) is 0 Å². The summed E-state index contributed by atoms with van der Waals surface area (Å²) in [4.78, 5) is 0. The zero-order valence-corrected chi connectivity index (χ0v) is 13.3. The SMILES string of the molecule is CCC(C)CCC(CC)C(CC)CC(C)CC. The van der Waals surface area contributed by atoms with Gasteiger partial charge in [0.05, 0.1) is 0 Å². The lowest BCUT2D eigenvalue weighted by Crippen LogP contribution is -2.17. The summed E-state index contributed by atoms with van der Waals surface area (Å²) in [5, 5.41) is 0. The van der Waals surface area contributed by atoms with Crippen LogP contribution in [0.25, 0.3) is 0 Å². The molecule has 0 aromatic heterocycles. The zero-order valence-electron chi connectivity index (χ0n) is 13.3. The zero-order chi connectivity index (χ0) is 13.3. The first-order valence-electron chi connectivity index (χ1n) is 8.08. The van der Waals surface area contributed by atoms with Gasteiger partial charge in [0.2, 0.25) is 0 Å². The van der Waals surface area contributed by atoms with Gasteiger partial charge in [-0.1, -0.05) is 73.6 Å². The van der Waals surface area contributed by atoms with Gasteiger partial charge in [-0.15, -0.1) is 0 Å². The summed E-state index contributed by atoms with van der Waals surface area (Å²) >= 11 is 0. The van der Waals surface area contributed by atoms with E-state index in [4.69, 9.17) is 0 Å². The van der Waals surface area contributed by atoms with E-state index in [9.17, 15) is 0 Å². The molecule has 104 valence electrons. The minimum absolute atomic E-state index is 0.914. The first-order valence-corrected chi connectivity index (χ1v) is 8.08. The van der Waals surface area contributed by atoms with Crippen molar-refractivity contribution in [3.8, 4) is 0 Å². The molecule has 0 aliphatic rings. The van der Waals surface area contributed by atoms with Crippen molar-refractivity contribution in [2.75, 3.05) is 0 Å². The van der Waals surface area contributed by atoms with Crippen molar-refractivity contribution >= 4 is 0 Å². The van der Waals surface area contributed by atoms with Gasteiger partial charge in [0.1, 0.15) is 0 Å². The molecule has 0 nitrogen and oxygen atoms in total. The Morgan fingerprint density at radius 3 is 1.53 bits per heavy atom. The largest absolute Gasteiger partial charge is 0.0651 e. The molecular formula is C17H36. The van der Waals surface area contributed by atoms with Crippen LogP contribution in [0.1, 0.15) is 86.5 Å². The molecular weight excluding hydrogens is 204 g/mol. The third-order valence-electron chi connectivity index (χ3n) is 4.84. The quantitative estimate of drug-likeness (QED) is 0.420.